The summed E-state index contributed by atoms with van der Waals surface area (Å²) in [6, 6.07) is 6.21. The van der Waals surface area contributed by atoms with Crippen LogP contribution in [-0.4, -0.2) is 25.6 Å². The topological polar surface area (TPSA) is 18.5 Å². The van der Waals surface area contributed by atoms with Gasteiger partial charge in [-0.15, -0.1) is 11.8 Å². The Kier molecular flexibility index (Phi) is 4.55. The third kappa shape index (κ3) is 3.40. The Morgan fingerprint density at radius 2 is 2.06 bits per heavy atom. The van der Waals surface area contributed by atoms with Crippen molar-refractivity contribution >= 4 is 27.7 Å². The molecule has 2 rings (SSSR count). The van der Waals surface area contributed by atoms with Crippen LogP contribution in [0.1, 0.15) is 12.8 Å². The maximum atomic E-state index is 5.36. The second-order valence-corrected chi connectivity index (χ2v) is 6.05. The second kappa shape index (κ2) is 5.94. The average Bonchev–Trinajstić information content (AvgIpc) is 2.29. The summed E-state index contributed by atoms with van der Waals surface area (Å²) in [5.41, 5.74) is 0. The molecule has 16 heavy (non-hydrogen) atoms. The fourth-order valence-corrected chi connectivity index (χ4v) is 3.53. The van der Waals surface area contributed by atoms with Gasteiger partial charge in [-0.05, 0) is 31.0 Å². The minimum Gasteiger partial charge on any atom is -0.497 e. The molecule has 1 aromatic carbocycles. The predicted octanol–water partition coefficient (Wildman–Crippen LogP) is 3.73. The molecule has 0 aliphatic carbocycles. The number of hydrogen-bond donors (Lipinski definition) is 0. The number of hydrogen-bond acceptors (Lipinski definition) is 3. The van der Waals surface area contributed by atoms with E-state index in [-0.39, 0.29) is 0 Å². The first kappa shape index (κ1) is 12.3. The van der Waals surface area contributed by atoms with Gasteiger partial charge >= 0.3 is 0 Å². The highest BCUT2D eigenvalue weighted by Crippen LogP contribution is 2.33. The van der Waals surface area contributed by atoms with Crippen molar-refractivity contribution in [2.75, 3.05) is 20.3 Å². The van der Waals surface area contributed by atoms with Crippen LogP contribution in [0.25, 0.3) is 0 Å². The van der Waals surface area contributed by atoms with E-state index in [4.69, 9.17) is 9.47 Å². The van der Waals surface area contributed by atoms with Crippen LogP contribution in [-0.2, 0) is 4.74 Å². The monoisotopic (exact) mass is 302 g/mol. The average molecular weight is 303 g/mol. The normalized spacial score (nSPS) is 17.4. The first-order valence-corrected chi connectivity index (χ1v) is 7.04. The first-order chi connectivity index (χ1) is 7.78. The molecule has 0 radical (unpaired) electrons. The molecule has 1 aliphatic rings. The summed E-state index contributed by atoms with van der Waals surface area (Å²) in [4.78, 5) is 1.26. The van der Waals surface area contributed by atoms with Crippen molar-refractivity contribution in [3.05, 3.63) is 22.7 Å². The molecular weight excluding hydrogens is 288 g/mol. The Labute approximate surface area is 109 Å². The third-order valence-electron chi connectivity index (χ3n) is 2.55. The molecule has 0 N–H and O–H groups in total. The summed E-state index contributed by atoms with van der Waals surface area (Å²) < 4.78 is 11.7. The summed E-state index contributed by atoms with van der Waals surface area (Å²) in [5, 5.41) is 0.674. The largest absolute Gasteiger partial charge is 0.497 e. The lowest BCUT2D eigenvalue weighted by Gasteiger charge is -2.21. The number of methoxy groups -OCH3 is 1. The molecule has 88 valence electrons. The van der Waals surface area contributed by atoms with Gasteiger partial charge in [0.15, 0.2) is 0 Å². The van der Waals surface area contributed by atoms with Crippen molar-refractivity contribution < 1.29 is 9.47 Å². The summed E-state index contributed by atoms with van der Waals surface area (Å²) in [7, 11) is 1.70. The molecular formula is C12H15BrO2S. The van der Waals surface area contributed by atoms with E-state index in [1.807, 2.05) is 17.8 Å². The second-order valence-electron chi connectivity index (χ2n) is 3.76. The smallest absolute Gasteiger partial charge is 0.121 e. The van der Waals surface area contributed by atoms with Crippen molar-refractivity contribution in [2.45, 2.75) is 23.0 Å². The van der Waals surface area contributed by atoms with Crippen molar-refractivity contribution in [1.82, 2.24) is 0 Å². The molecule has 1 saturated heterocycles. The van der Waals surface area contributed by atoms with Crippen molar-refractivity contribution in [1.29, 1.82) is 0 Å². The highest BCUT2D eigenvalue weighted by Gasteiger charge is 2.15. The molecule has 0 aromatic heterocycles. The Morgan fingerprint density at radius 3 is 2.75 bits per heavy atom. The highest BCUT2D eigenvalue weighted by molar-refractivity contribution is 9.10. The van der Waals surface area contributed by atoms with Gasteiger partial charge in [-0.25, -0.2) is 0 Å². The Bertz CT molecular complexity index is 351. The van der Waals surface area contributed by atoms with Gasteiger partial charge in [0, 0.05) is 27.8 Å². The lowest BCUT2D eigenvalue weighted by molar-refractivity contribution is 0.100. The molecule has 1 fully saturated rings. The highest BCUT2D eigenvalue weighted by atomic mass is 79.9. The van der Waals surface area contributed by atoms with Crippen LogP contribution < -0.4 is 4.74 Å². The molecule has 1 heterocycles. The van der Waals surface area contributed by atoms with E-state index in [2.05, 4.69) is 28.1 Å². The molecule has 0 saturated carbocycles. The van der Waals surface area contributed by atoms with Gasteiger partial charge in [0.25, 0.3) is 0 Å². The van der Waals surface area contributed by atoms with Crippen LogP contribution in [0, 0.1) is 0 Å². The zero-order valence-corrected chi connectivity index (χ0v) is 11.6. The molecule has 0 atom stereocenters. The number of halogens is 1. The standard InChI is InChI=1S/C12H15BrO2S/c1-14-10-6-9(13)7-12(8-10)16-11-2-4-15-5-3-11/h6-8,11H,2-5H2,1H3. The Balaban J connectivity index is 2.04. The van der Waals surface area contributed by atoms with E-state index in [0.717, 1.165) is 36.3 Å². The zero-order chi connectivity index (χ0) is 11.4. The van der Waals surface area contributed by atoms with Gasteiger partial charge in [-0.2, -0.15) is 0 Å². The van der Waals surface area contributed by atoms with Gasteiger partial charge in [-0.3, -0.25) is 0 Å². The summed E-state index contributed by atoms with van der Waals surface area (Å²) >= 11 is 5.42. The van der Waals surface area contributed by atoms with Gasteiger partial charge in [0.05, 0.1) is 7.11 Å². The molecule has 0 amide bonds. The van der Waals surface area contributed by atoms with E-state index in [9.17, 15) is 0 Å². The quantitative estimate of drug-likeness (QED) is 0.847. The van der Waals surface area contributed by atoms with Gasteiger partial charge in [0.1, 0.15) is 5.75 Å². The minimum atomic E-state index is 0.674. The van der Waals surface area contributed by atoms with Gasteiger partial charge in [0.2, 0.25) is 0 Å². The van der Waals surface area contributed by atoms with E-state index < -0.39 is 0 Å². The van der Waals surface area contributed by atoms with Crippen LogP contribution in [0.15, 0.2) is 27.6 Å². The fraction of sp³-hybridized carbons (Fsp3) is 0.500. The maximum absolute atomic E-state index is 5.36. The molecule has 2 nitrogen and oxygen atoms in total. The molecule has 4 heteroatoms. The Hall–Kier alpha value is -0.190. The molecule has 1 aliphatic heterocycles. The van der Waals surface area contributed by atoms with Crippen molar-refractivity contribution in [3.8, 4) is 5.75 Å². The van der Waals surface area contributed by atoms with Crippen LogP contribution in [0.2, 0.25) is 0 Å². The van der Waals surface area contributed by atoms with E-state index >= 15 is 0 Å². The Morgan fingerprint density at radius 1 is 1.31 bits per heavy atom. The van der Waals surface area contributed by atoms with Crippen molar-refractivity contribution in [3.63, 3.8) is 0 Å². The van der Waals surface area contributed by atoms with Crippen LogP contribution in [0.5, 0.6) is 5.75 Å². The molecule has 1 aromatic rings. The van der Waals surface area contributed by atoms with E-state index in [0.29, 0.717) is 5.25 Å². The first-order valence-electron chi connectivity index (χ1n) is 5.37. The minimum absolute atomic E-state index is 0.674. The SMILES string of the molecule is COc1cc(Br)cc(SC2CCOCC2)c1. The zero-order valence-electron chi connectivity index (χ0n) is 9.24. The number of ether oxygens (including phenoxy) is 2. The number of thioether (sulfide) groups is 1. The number of benzene rings is 1. The predicted molar refractivity (Wildman–Crippen MR) is 70.4 cm³/mol. The lowest BCUT2D eigenvalue weighted by Crippen LogP contribution is -2.17. The van der Waals surface area contributed by atoms with Gasteiger partial charge < -0.3 is 9.47 Å². The molecule has 0 spiro atoms. The summed E-state index contributed by atoms with van der Waals surface area (Å²) in [6.45, 7) is 1.78. The summed E-state index contributed by atoms with van der Waals surface area (Å²) in [6.07, 6.45) is 2.28. The summed E-state index contributed by atoms with van der Waals surface area (Å²) in [5.74, 6) is 0.906. The van der Waals surface area contributed by atoms with Crippen molar-refractivity contribution in [2.24, 2.45) is 0 Å². The third-order valence-corrected chi connectivity index (χ3v) is 4.32. The number of rotatable bonds is 3. The van der Waals surface area contributed by atoms with Crippen LogP contribution >= 0.6 is 27.7 Å². The van der Waals surface area contributed by atoms with E-state index in [1.54, 1.807) is 7.11 Å². The maximum Gasteiger partial charge on any atom is 0.121 e. The molecule has 0 bridgehead atoms. The van der Waals surface area contributed by atoms with Crippen LogP contribution in [0.4, 0.5) is 0 Å². The van der Waals surface area contributed by atoms with Crippen LogP contribution in [0.3, 0.4) is 0 Å². The fourth-order valence-electron chi connectivity index (χ4n) is 1.71. The van der Waals surface area contributed by atoms with Gasteiger partial charge in [-0.1, -0.05) is 15.9 Å². The molecule has 0 unspecified atom stereocenters. The van der Waals surface area contributed by atoms with E-state index in [1.165, 1.54) is 4.90 Å². The lowest BCUT2D eigenvalue weighted by atomic mass is 10.2.